The summed E-state index contributed by atoms with van der Waals surface area (Å²) in [6.45, 7) is 3.87. The molecule has 3 aromatic carbocycles. The Morgan fingerprint density at radius 3 is 2.40 bits per heavy atom. The standard InChI is InChI=1S/C26H30BrN3O4S/c1-4-14-28-26(32)19(2)30(17-20-8-7-11-23(27)15-20)25(31)18-29(3)35(33,34)24-13-12-21-9-5-6-10-22(21)16-24/h5-13,15-16,19H,4,14,17-18H2,1-3H3,(H,28,32). The predicted molar refractivity (Wildman–Crippen MR) is 141 cm³/mol. The van der Waals surface area contributed by atoms with Gasteiger partial charge in [0.15, 0.2) is 0 Å². The minimum absolute atomic E-state index is 0.110. The Kier molecular flexibility index (Phi) is 9.04. The first-order valence-electron chi connectivity index (χ1n) is 11.4. The van der Waals surface area contributed by atoms with Gasteiger partial charge in [0.25, 0.3) is 0 Å². The lowest BCUT2D eigenvalue weighted by atomic mass is 10.1. The molecule has 0 spiro atoms. The normalized spacial score (nSPS) is 12.5. The molecule has 35 heavy (non-hydrogen) atoms. The molecular weight excluding hydrogens is 530 g/mol. The van der Waals surface area contributed by atoms with E-state index in [1.54, 1.807) is 25.1 Å². The fourth-order valence-corrected chi connectivity index (χ4v) is 5.29. The first-order chi connectivity index (χ1) is 16.6. The van der Waals surface area contributed by atoms with Gasteiger partial charge in [0.1, 0.15) is 6.04 Å². The fourth-order valence-electron chi connectivity index (χ4n) is 3.68. The van der Waals surface area contributed by atoms with E-state index >= 15 is 0 Å². The van der Waals surface area contributed by atoms with E-state index in [1.807, 2.05) is 55.5 Å². The Bertz CT molecular complexity index is 1310. The van der Waals surface area contributed by atoms with Crippen LogP contribution in [0.25, 0.3) is 10.8 Å². The van der Waals surface area contributed by atoms with E-state index in [0.717, 1.165) is 31.5 Å². The summed E-state index contributed by atoms with van der Waals surface area (Å²) in [5.74, 6) is -0.744. The molecule has 2 amide bonds. The van der Waals surface area contributed by atoms with Gasteiger partial charge in [0, 0.05) is 24.6 Å². The second-order valence-electron chi connectivity index (χ2n) is 8.39. The second-order valence-corrected chi connectivity index (χ2v) is 11.3. The summed E-state index contributed by atoms with van der Waals surface area (Å²) < 4.78 is 28.4. The number of likely N-dealkylation sites (N-methyl/N-ethyl adjacent to an activating group) is 1. The Morgan fingerprint density at radius 1 is 1.00 bits per heavy atom. The van der Waals surface area contributed by atoms with Crippen LogP contribution < -0.4 is 5.32 Å². The van der Waals surface area contributed by atoms with Gasteiger partial charge < -0.3 is 10.2 Å². The first-order valence-corrected chi connectivity index (χ1v) is 13.6. The second kappa shape index (κ2) is 11.8. The molecule has 0 saturated carbocycles. The molecular formula is C26H30BrN3O4S. The van der Waals surface area contributed by atoms with Crippen LogP contribution in [0, 0.1) is 0 Å². The molecule has 3 rings (SSSR count). The number of fused-ring (bicyclic) bond motifs is 1. The van der Waals surface area contributed by atoms with Crippen molar-refractivity contribution in [1.29, 1.82) is 0 Å². The number of amides is 2. The van der Waals surface area contributed by atoms with Crippen LogP contribution >= 0.6 is 15.9 Å². The van der Waals surface area contributed by atoms with Crippen LogP contribution in [-0.4, -0.2) is 55.6 Å². The van der Waals surface area contributed by atoms with Gasteiger partial charge in [0.2, 0.25) is 21.8 Å². The number of hydrogen-bond donors (Lipinski definition) is 1. The Balaban J connectivity index is 1.84. The molecule has 0 saturated heterocycles. The smallest absolute Gasteiger partial charge is 0.243 e. The van der Waals surface area contributed by atoms with Crippen molar-refractivity contribution in [3.05, 3.63) is 76.8 Å². The summed E-state index contributed by atoms with van der Waals surface area (Å²) in [5.41, 5.74) is 0.822. The monoisotopic (exact) mass is 559 g/mol. The van der Waals surface area contributed by atoms with E-state index in [9.17, 15) is 18.0 Å². The number of carbonyl (C=O) groups is 2. The maximum absolute atomic E-state index is 13.4. The summed E-state index contributed by atoms with van der Waals surface area (Å²) >= 11 is 3.43. The first kappa shape index (κ1) is 26.8. The van der Waals surface area contributed by atoms with E-state index in [2.05, 4.69) is 21.2 Å². The molecule has 9 heteroatoms. The van der Waals surface area contributed by atoms with E-state index in [4.69, 9.17) is 0 Å². The summed E-state index contributed by atoms with van der Waals surface area (Å²) in [4.78, 5) is 27.6. The zero-order valence-electron chi connectivity index (χ0n) is 20.1. The van der Waals surface area contributed by atoms with Crippen LogP contribution in [0.4, 0.5) is 0 Å². The van der Waals surface area contributed by atoms with Gasteiger partial charge in [-0.2, -0.15) is 4.31 Å². The SMILES string of the molecule is CCCNC(=O)C(C)N(Cc1cccc(Br)c1)C(=O)CN(C)S(=O)(=O)c1ccc2ccccc2c1. The molecule has 0 aromatic heterocycles. The molecule has 1 atom stereocenters. The van der Waals surface area contributed by atoms with Crippen LogP contribution in [0.5, 0.6) is 0 Å². The number of carbonyl (C=O) groups excluding carboxylic acids is 2. The zero-order chi connectivity index (χ0) is 25.6. The van der Waals surface area contributed by atoms with Crippen molar-refractivity contribution in [1.82, 2.24) is 14.5 Å². The average Bonchev–Trinajstić information content (AvgIpc) is 2.84. The lowest BCUT2D eigenvalue weighted by Gasteiger charge is -2.30. The van der Waals surface area contributed by atoms with Crippen molar-refractivity contribution in [3.63, 3.8) is 0 Å². The van der Waals surface area contributed by atoms with E-state index < -0.39 is 28.5 Å². The number of rotatable bonds is 10. The fraction of sp³-hybridized carbons (Fsp3) is 0.308. The molecule has 0 radical (unpaired) electrons. The van der Waals surface area contributed by atoms with Crippen molar-refractivity contribution in [3.8, 4) is 0 Å². The van der Waals surface area contributed by atoms with Gasteiger partial charge in [-0.1, -0.05) is 65.3 Å². The molecule has 0 bridgehead atoms. The summed E-state index contributed by atoms with van der Waals surface area (Å²) in [6, 6.07) is 19.0. The minimum atomic E-state index is -3.92. The molecule has 186 valence electrons. The lowest BCUT2D eigenvalue weighted by Crippen LogP contribution is -2.50. The molecule has 3 aromatic rings. The largest absolute Gasteiger partial charge is 0.354 e. The zero-order valence-corrected chi connectivity index (χ0v) is 22.5. The highest BCUT2D eigenvalue weighted by Gasteiger charge is 2.30. The van der Waals surface area contributed by atoms with Crippen molar-refractivity contribution in [2.24, 2.45) is 0 Å². The third-order valence-corrected chi connectivity index (χ3v) is 8.04. The van der Waals surface area contributed by atoms with E-state index in [-0.39, 0.29) is 17.3 Å². The summed E-state index contributed by atoms with van der Waals surface area (Å²) in [6.07, 6.45) is 0.769. The minimum Gasteiger partial charge on any atom is -0.354 e. The molecule has 0 heterocycles. The molecule has 0 aliphatic heterocycles. The van der Waals surface area contributed by atoms with Crippen LogP contribution in [0.1, 0.15) is 25.8 Å². The Hall–Kier alpha value is -2.75. The van der Waals surface area contributed by atoms with Gasteiger partial charge in [0.05, 0.1) is 11.4 Å². The predicted octanol–water partition coefficient (Wildman–Crippen LogP) is 4.17. The molecule has 0 aliphatic carbocycles. The number of halogens is 1. The number of nitrogens with zero attached hydrogens (tertiary/aromatic N) is 2. The molecule has 0 aliphatic rings. The van der Waals surface area contributed by atoms with Gasteiger partial charge >= 0.3 is 0 Å². The molecule has 0 fully saturated rings. The third-order valence-electron chi connectivity index (χ3n) is 5.75. The van der Waals surface area contributed by atoms with E-state index in [1.165, 1.54) is 11.9 Å². The van der Waals surface area contributed by atoms with Crippen molar-refractivity contribution >= 4 is 48.5 Å². The van der Waals surface area contributed by atoms with Crippen LogP contribution in [-0.2, 0) is 26.2 Å². The average molecular weight is 561 g/mol. The summed E-state index contributed by atoms with van der Waals surface area (Å²) in [5, 5.41) is 4.54. The highest BCUT2D eigenvalue weighted by molar-refractivity contribution is 9.10. The number of nitrogens with one attached hydrogen (secondary N) is 1. The Morgan fingerprint density at radius 2 is 1.71 bits per heavy atom. The van der Waals surface area contributed by atoms with Crippen LogP contribution in [0.3, 0.4) is 0 Å². The number of hydrogen-bond acceptors (Lipinski definition) is 4. The maximum Gasteiger partial charge on any atom is 0.243 e. The number of sulfonamides is 1. The summed E-state index contributed by atoms with van der Waals surface area (Å²) in [7, 11) is -2.54. The highest BCUT2D eigenvalue weighted by Crippen LogP contribution is 2.22. The highest BCUT2D eigenvalue weighted by atomic mass is 79.9. The van der Waals surface area contributed by atoms with Gasteiger partial charge in [-0.3, -0.25) is 9.59 Å². The molecule has 7 nitrogen and oxygen atoms in total. The quantitative estimate of drug-likeness (QED) is 0.404. The third kappa shape index (κ3) is 6.68. The maximum atomic E-state index is 13.4. The van der Waals surface area contributed by atoms with Crippen LogP contribution in [0.15, 0.2) is 76.1 Å². The van der Waals surface area contributed by atoms with Gasteiger partial charge in [-0.25, -0.2) is 8.42 Å². The van der Waals surface area contributed by atoms with Gasteiger partial charge in [-0.05, 0) is 53.9 Å². The van der Waals surface area contributed by atoms with Crippen molar-refractivity contribution < 1.29 is 18.0 Å². The van der Waals surface area contributed by atoms with Gasteiger partial charge in [-0.15, -0.1) is 0 Å². The lowest BCUT2D eigenvalue weighted by molar-refractivity contribution is -0.140. The van der Waals surface area contributed by atoms with Crippen LogP contribution in [0.2, 0.25) is 0 Å². The van der Waals surface area contributed by atoms with Crippen molar-refractivity contribution in [2.45, 2.75) is 37.8 Å². The topological polar surface area (TPSA) is 86.8 Å². The molecule has 1 unspecified atom stereocenters. The number of benzene rings is 3. The van der Waals surface area contributed by atoms with E-state index in [0.29, 0.717) is 6.54 Å². The van der Waals surface area contributed by atoms with Crippen molar-refractivity contribution in [2.75, 3.05) is 20.1 Å². The molecule has 1 N–H and O–H groups in total. The Labute approximate surface area is 215 Å².